The standard InChI is InChI=1S/C15H21FN2O/c1-2-15(7-3-4-8-15)14(19)18-13-6-5-11(10-17)9-12(13)16/h5-6,9H,2-4,7-8,10,17H2,1H3,(H,18,19). The van der Waals surface area contributed by atoms with Gasteiger partial charge < -0.3 is 11.1 Å². The number of nitrogens with two attached hydrogens (primary N) is 1. The molecule has 19 heavy (non-hydrogen) atoms. The lowest BCUT2D eigenvalue weighted by molar-refractivity contribution is -0.125. The zero-order valence-corrected chi connectivity index (χ0v) is 11.3. The van der Waals surface area contributed by atoms with E-state index < -0.39 is 5.82 Å². The summed E-state index contributed by atoms with van der Waals surface area (Å²) in [6.45, 7) is 2.32. The van der Waals surface area contributed by atoms with Crippen LogP contribution in [0, 0.1) is 11.2 Å². The minimum absolute atomic E-state index is 0.0492. The van der Waals surface area contributed by atoms with Crippen LogP contribution in [0.1, 0.15) is 44.6 Å². The van der Waals surface area contributed by atoms with Crippen LogP contribution < -0.4 is 11.1 Å². The Balaban J connectivity index is 2.14. The van der Waals surface area contributed by atoms with Gasteiger partial charge in [-0.05, 0) is 37.0 Å². The van der Waals surface area contributed by atoms with E-state index in [0.717, 1.165) is 37.7 Å². The summed E-state index contributed by atoms with van der Waals surface area (Å²) in [7, 11) is 0. The molecule has 3 nitrogen and oxygen atoms in total. The quantitative estimate of drug-likeness (QED) is 0.877. The molecule has 4 heteroatoms. The summed E-state index contributed by atoms with van der Waals surface area (Å²) in [4.78, 5) is 12.4. The molecular weight excluding hydrogens is 243 g/mol. The van der Waals surface area contributed by atoms with Crippen LogP contribution >= 0.6 is 0 Å². The Hall–Kier alpha value is -1.42. The first-order valence-corrected chi connectivity index (χ1v) is 6.91. The topological polar surface area (TPSA) is 55.1 Å². The highest BCUT2D eigenvalue weighted by molar-refractivity contribution is 5.95. The molecule has 0 heterocycles. The van der Waals surface area contributed by atoms with Crippen molar-refractivity contribution in [2.75, 3.05) is 5.32 Å². The van der Waals surface area contributed by atoms with E-state index in [-0.39, 0.29) is 17.0 Å². The molecular formula is C15H21FN2O. The van der Waals surface area contributed by atoms with E-state index in [1.807, 2.05) is 6.92 Å². The molecule has 0 bridgehead atoms. The Kier molecular flexibility index (Phi) is 4.20. The van der Waals surface area contributed by atoms with Crippen molar-refractivity contribution in [1.82, 2.24) is 0 Å². The van der Waals surface area contributed by atoms with Gasteiger partial charge in [-0.1, -0.05) is 25.8 Å². The molecule has 0 radical (unpaired) electrons. The summed E-state index contributed by atoms with van der Waals surface area (Å²) in [5.41, 5.74) is 6.13. The van der Waals surface area contributed by atoms with Crippen LogP contribution in [0.5, 0.6) is 0 Å². The maximum absolute atomic E-state index is 13.8. The number of hydrogen-bond donors (Lipinski definition) is 2. The van der Waals surface area contributed by atoms with E-state index in [0.29, 0.717) is 6.54 Å². The van der Waals surface area contributed by atoms with Crippen LogP contribution in [0.4, 0.5) is 10.1 Å². The lowest BCUT2D eigenvalue weighted by Crippen LogP contribution is -2.33. The van der Waals surface area contributed by atoms with E-state index in [2.05, 4.69) is 5.32 Å². The highest BCUT2D eigenvalue weighted by Gasteiger charge is 2.39. The molecule has 1 saturated carbocycles. The first-order valence-electron chi connectivity index (χ1n) is 6.91. The summed E-state index contributed by atoms with van der Waals surface area (Å²) in [5, 5.41) is 2.74. The summed E-state index contributed by atoms with van der Waals surface area (Å²) in [6.07, 6.45) is 4.77. The molecule has 1 fully saturated rings. The lowest BCUT2D eigenvalue weighted by atomic mass is 9.82. The van der Waals surface area contributed by atoms with Gasteiger partial charge >= 0.3 is 0 Å². The van der Waals surface area contributed by atoms with Crippen molar-refractivity contribution in [2.45, 2.75) is 45.6 Å². The van der Waals surface area contributed by atoms with Crippen molar-refractivity contribution in [3.63, 3.8) is 0 Å². The molecule has 1 aliphatic rings. The highest BCUT2D eigenvalue weighted by Crippen LogP contribution is 2.41. The number of anilines is 1. The van der Waals surface area contributed by atoms with E-state index in [1.54, 1.807) is 12.1 Å². The van der Waals surface area contributed by atoms with Gasteiger partial charge in [-0.2, -0.15) is 0 Å². The number of amides is 1. The van der Waals surface area contributed by atoms with Crippen LogP contribution in [0.2, 0.25) is 0 Å². The predicted molar refractivity (Wildman–Crippen MR) is 74.1 cm³/mol. The predicted octanol–water partition coefficient (Wildman–Crippen LogP) is 3.19. The van der Waals surface area contributed by atoms with E-state index in [9.17, 15) is 9.18 Å². The second-order valence-corrected chi connectivity index (χ2v) is 5.31. The van der Waals surface area contributed by atoms with Crippen molar-refractivity contribution in [3.05, 3.63) is 29.6 Å². The lowest BCUT2D eigenvalue weighted by Gasteiger charge is -2.26. The van der Waals surface area contributed by atoms with Crippen molar-refractivity contribution in [3.8, 4) is 0 Å². The van der Waals surface area contributed by atoms with Crippen molar-refractivity contribution in [2.24, 2.45) is 11.1 Å². The number of halogens is 1. The minimum atomic E-state index is -0.416. The Morgan fingerprint density at radius 3 is 2.63 bits per heavy atom. The van der Waals surface area contributed by atoms with Crippen molar-refractivity contribution < 1.29 is 9.18 Å². The van der Waals surface area contributed by atoms with Gasteiger partial charge in [-0.25, -0.2) is 4.39 Å². The minimum Gasteiger partial charge on any atom is -0.326 e. The van der Waals surface area contributed by atoms with Crippen LogP contribution in [0.3, 0.4) is 0 Å². The van der Waals surface area contributed by atoms with Gasteiger partial charge in [0.25, 0.3) is 0 Å². The van der Waals surface area contributed by atoms with E-state index >= 15 is 0 Å². The maximum atomic E-state index is 13.8. The third-order valence-corrected chi connectivity index (χ3v) is 4.24. The summed E-state index contributed by atoms with van der Waals surface area (Å²) in [6, 6.07) is 4.71. The van der Waals surface area contributed by atoms with Gasteiger partial charge in [0.2, 0.25) is 5.91 Å². The van der Waals surface area contributed by atoms with Crippen LogP contribution in [0.15, 0.2) is 18.2 Å². The van der Waals surface area contributed by atoms with Gasteiger partial charge in [0.15, 0.2) is 0 Å². The average molecular weight is 264 g/mol. The average Bonchev–Trinajstić information content (AvgIpc) is 2.91. The molecule has 0 aromatic heterocycles. The molecule has 0 unspecified atom stereocenters. The molecule has 0 spiro atoms. The summed E-state index contributed by atoms with van der Waals surface area (Å²) < 4.78 is 13.8. The fraction of sp³-hybridized carbons (Fsp3) is 0.533. The molecule has 0 saturated heterocycles. The number of rotatable bonds is 4. The van der Waals surface area contributed by atoms with Gasteiger partial charge in [0.1, 0.15) is 5.82 Å². The maximum Gasteiger partial charge on any atom is 0.230 e. The van der Waals surface area contributed by atoms with Crippen LogP contribution in [0.25, 0.3) is 0 Å². The highest BCUT2D eigenvalue weighted by atomic mass is 19.1. The zero-order valence-electron chi connectivity index (χ0n) is 11.3. The third-order valence-electron chi connectivity index (χ3n) is 4.24. The number of carbonyl (C=O) groups excluding carboxylic acids is 1. The normalized spacial score (nSPS) is 17.4. The second-order valence-electron chi connectivity index (χ2n) is 5.31. The molecule has 1 amide bonds. The molecule has 0 aliphatic heterocycles. The number of benzene rings is 1. The smallest absolute Gasteiger partial charge is 0.230 e. The zero-order chi connectivity index (χ0) is 13.9. The Morgan fingerprint density at radius 2 is 2.11 bits per heavy atom. The largest absolute Gasteiger partial charge is 0.326 e. The fourth-order valence-electron chi connectivity index (χ4n) is 2.83. The Labute approximate surface area is 113 Å². The van der Waals surface area contributed by atoms with Crippen LogP contribution in [-0.4, -0.2) is 5.91 Å². The fourth-order valence-corrected chi connectivity index (χ4v) is 2.83. The molecule has 1 aliphatic carbocycles. The monoisotopic (exact) mass is 264 g/mol. The molecule has 104 valence electrons. The molecule has 0 atom stereocenters. The first kappa shape index (κ1) is 14.0. The van der Waals surface area contributed by atoms with E-state index in [1.165, 1.54) is 6.07 Å². The summed E-state index contributed by atoms with van der Waals surface area (Å²) in [5.74, 6) is -0.465. The van der Waals surface area contributed by atoms with Crippen LogP contribution in [-0.2, 0) is 11.3 Å². The number of carbonyl (C=O) groups is 1. The second kappa shape index (κ2) is 5.70. The Bertz CT molecular complexity index is 467. The van der Waals surface area contributed by atoms with Gasteiger partial charge in [0, 0.05) is 12.0 Å². The van der Waals surface area contributed by atoms with Gasteiger partial charge in [0.05, 0.1) is 5.69 Å². The molecule has 1 aromatic rings. The van der Waals surface area contributed by atoms with Crippen molar-refractivity contribution in [1.29, 1.82) is 0 Å². The van der Waals surface area contributed by atoms with E-state index in [4.69, 9.17) is 5.73 Å². The number of hydrogen-bond acceptors (Lipinski definition) is 2. The van der Waals surface area contributed by atoms with Gasteiger partial charge in [-0.15, -0.1) is 0 Å². The molecule has 1 aromatic carbocycles. The molecule has 3 N–H and O–H groups in total. The van der Waals surface area contributed by atoms with Crippen molar-refractivity contribution >= 4 is 11.6 Å². The Morgan fingerprint density at radius 1 is 1.42 bits per heavy atom. The molecule has 2 rings (SSSR count). The first-order chi connectivity index (χ1) is 9.11. The third kappa shape index (κ3) is 2.78. The number of nitrogens with one attached hydrogen (secondary N) is 1. The SMILES string of the molecule is CCC1(C(=O)Nc2ccc(CN)cc2F)CCCC1. The van der Waals surface area contributed by atoms with Gasteiger partial charge in [-0.3, -0.25) is 4.79 Å². The summed E-state index contributed by atoms with van der Waals surface area (Å²) >= 11 is 0.